The molecule has 0 aliphatic carbocycles. The molecule has 1 aromatic heterocycles. The van der Waals surface area contributed by atoms with Gasteiger partial charge in [-0.25, -0.2) is 13.1 Å². The number of hydrogen-bond acceptors (Lipinski definition) is 4. The molecule has 0 amide bonds. The number of hydrogen-bond donors (Lipinski definition) is 2. The predicted octanol–water partition coefficient (Wildman–Crippen LogP) is 2.63. The molecule has 0 radical (unpaired) electrons. The van der Waals surface area contributed by atoms with Crippen molar-refractivity contribution in [2.75, 3.05) is 6.54 Å². The molecule has 0 saturated heterocycles. The molecule has 1 heterocycles. The fraction of sp³-hybridized carbons (Fsp3) is 0.692. The Balaban J connectivity index is 2.89. The highest BCUT2D eigenvalue weighted by atomic mass is 32.2. The van der Waals surface area contributed by atoms with Gasteiger partial charge in [0.1, 0.15) is 0 Å². The molecule has 110 valence electrons. The van der Waals surface area contributed by atoms with E-state index in [1.807, 2.05) is 27.7 Å². The van der Waals surface area contributed by atoms with Crippen LogP contribution >= 0.6 is 11.3 Å². The number of aryl methyl sites for hydroxylation is 1. The lowest BCUT2D eigenvalue weighted by Crippen LogP contribution is -2.40. The van der Waals surface area contributed by atoms with Crippen LogP contribution in [0.5, 0.6) is 0 Å². The molecule has 0 spiro atoms. The summed E-state index contributed by atoms with van der Waals surface area (Å²) < 4.78 is 27.3. The summed E-state index contributed by atoms with van der Waals surface area (Å²) in [6.07, 6.45) is 1.07. The normalized spacial score (nSPS) is 12.9. The summed E-state index contributed by atoms with van der Waals surface area (Å²) in [5.74, 6) is 0. The summed E-state index contributed by atoms with van der Waals surface area (Å²) in [4.78, 5) is 2.30. The number of nitrogens with one attached hydrogen (secondary N) is 2. The Morgan fingerprint density at radius 2 is 1.95 bits per heavy atom. The van der Waals surface area contributed by atoms with Crippen LogP contribution in [0.2, 0.25) is 0 Å². The van der Waals surface area contributed by atoms with Crippen molar-refractivity contribution in [2.24, 2.45) is 0 Å². The lowest BCUT2D eigenvalue weighted by Gasteiger charge is -2.20. The third-order valence-corrected chi connectivity index (χ3v) is 5.44. The summed E-state index contributed by atoms with van der Waals surface area (Å²) in [6, 6.07) is 1.77. The van der Waals surface area contributed by atoms with E-state index in [9.17, 15) is 8.42 Å². The maximum absolute atomic E-state index is 12.3. The Morgan fingerprint density at radius 1 is 1.32 bits per heavy atom. The van der Waals surface area contributed by atoms with E-state index in [1.54, 1.807) is 6.07 Å². The first kappa shape index (κ1) is 16.6. The smallest absolute Gasteiger partial charge is 0.242 e. The minimum absolute atomic E-state index is 0.403. The van der Waals surface area contributed by atoms with Gasteiger partial charge in [-0.1, -0.05) is 6.92 Å². The lowest BCUT2D eigenvalue weighted by atomic mass is 10.1. The van der Waals surface area contributed by atoms with Crippen LogP contribution in [-0.2, 0) is 16.6 Å². The van der Waals surface area contributed by atoms with Gasteiger partial charge in [-0.3, -0.25) is 0 Å². The summed E-state index contributed by atoms with van der Waals surface area (Å²) in [6.45, 7) is 11.2. The number of thiophene rings is 1. The second kappa shape index (κ2) is 6.35. The van der Waals surface area contributed by atoms with Crippen LogP contribution in [0.15, 0.2) is 11.0 Å². The van der Waals surface area contributed by atoms with Gasteiger partial charge in [0.25, 0.3) is 0 Å². The van der Waals surface area contributed by atoms with Crippen molar-refractivity contribution in [3.8, 4) is 0 Å². The molecule has 0 aromatic carbocycles. The van der Waals surface area contributed by atoms with Crippen molar-refractivity contribution in [3.05, 3.63) is 15.8 Å². The van der Waals surface area contributed by atoms with Crippen LogP contribution in [-0.4, -0.2) is 20.5 Å². The highest BCUT2D eigenvalue weighted by Gasteiger charge is 2.25. The van der Waals surface area contributed by atoms with Gasteiger partial charge in [-0.15, -0.1) is 11.3 Å². The van der Waals surface area contributed by atoms with Crippen LogP contribution in [0, 0.1) is 6.92 Å². The van der Waals surface area contributed by atoms with Crippen molar-refractivity contribution in [3.63, 3.8) is 0 Å². The number of rotatable bonds is 6. The van der Waals surface area contributed by atoms with Crippen LogP contribution in [0.3, 0.4) is 0 Å². The molecule has 0 aliphatic rings. The lowest BCUT2D eigenvalue weighted by molar-refractivity contribution is 0.491. The Kier molecular flexibility index (Phi) is 5.55. The van der Waals surface area contributed by atoms with Crippen LogP contribution < -0.4 is 10.0 Å². The molecule has 1 aromatic rings. The highest BCUT2D eigenvalue weighted by Crippen LogP contribution is 2.26. The molecule has 0 atom stereocenters. The van der Waals surface area contributed by atoms with Gasteiger partial charge in [-0.05, 0) is 46.7 Å². The minimum atomic E-state index is -3.43. The van der Waals surface area contributed by atoms with Gasteiger partial charge >= 0.3 is 0 Å². The quantitative estimate of drug-likeness (QED) is 0.794. The van der Waals surface area contributed by atoms with Crippen molar-refractivity contribution < 1.29 is 8.42 Å². The Bertz CT molecular complexity index is 513. The van der Waals surface area contributed by atoms with E-state index in [4.69, 9.17) is 0 Å². The van der Waals surface area contributed by atoms with E-state index >= 15 is 0 Å². The molecule has 1 rings (SSSR count). The van der Waals surface area contributed by atoms with Crippen LogP contribution in [0.4, 0.5) is 0 Å². The maximum Gasteiger partial charge on any atom is 0.242 e. The van der Waals surface area contributed by atoms with E-state index in [-0.39, 0.29) is 0 Å². The van der Waals surface area contributed by atoms with Gasteiger partial charge in [-0.2, -0.15) is 0 Å². The first-order valence-electron chi connectivity index (χ1n) is 6.49. The zero-order valence-corrected chi connectivity index (χ0v) is 14.0. The summed E-state index contributed by atoms with van der Waals surface area (Å²) >= 11 is 1.54. The van der Waals surface area contributed by atoms with Crippen molar-refractivity contribution in [2.45, 2.75) is 58.0 Å². The molecule has 2 N–H and O–H groups in total. The maximum atomic E-state index is 12.3. The second-order valence-corrected chi connectivity index (χ2v) is 8.66. The molecular weight excluding hydrogens is 280 g/mol. The zero-order valence-electron chi connectivity index (χ0n) is 12.3. The fourth-order valence-corrected chi connectivity index (χ4v) is 4.75. The average Bonchev–Trinajstić information content (AvgIpc) is 2.57. The van der Waals surface area contributed by atoms with E-state index in [2.05, 4.69) is 17.0 Å². The van der Waals surface area contributed by atoms with E-state index < -0.39 is 15.6 Å². The van der Waals surface area contributed by atoms with Gasteiger partial charge in [0.05, 0.1) is 4.90 Å². The summed E-state index contributed by atoms with van der Waals surface area (Å²) in [7, 11) is -3.43. The topological polar surface area (TPSA) is 58.2 Å². The van der Waals surface area contributed by atoms with E-state index in [1.165, 1.54) is 11.3 Å². The van der Waals surface area contributed by atoms with Gasteiger partial charge in [0.15, 0.2) is 0 Å². The molecule has 0 saturated carbocycles. The first-order chi connectivity index (χ1) is 8.65. The predicted molar refractivity (Wildman–Crippen MR) is 81.1 cm³/mol. The molecule has 6 heteroatoms. The molecule has 0 bridgehead atoms. The molecule has 0 fully saturated rings. The van der Waals surface area contributed by atoms with Crippen molar-refractivity contribution in [1.29, 1.82) is 0 Å². The zero-order chi connectivity index (χ0) is 14.7. The fourth-order valence-electron chi connectivity index (χ4n) is 1.72. The van der Waals surface area contributed by atoms with Gasteiger partial charge in [0.2, 0.25) is 10.0 Å². The third kappa shape index (κ3) is 5.22. The molecule has 0 unspecified atom stereocenters. The van der Waals surface area contributed by atoms with Crippen LogP contribution in [0.1, 0.15) is 43.9 Å². The summed E-state index contributed by atoms with van der Waals surface area (Å²) in [5, 5.41) is 3.29. The Morgan fingerprint density at radius 3 is 2.47 bits per heavy atom. The van der Waals surface area contributed by atoms with Gasteiger partial charge in [0, 0.05) is 21.8 Å². The SMILES string of the molecule is CCCNCc1cc(S(=O)(=O)NC(C)(C)C)c(C)s1. The van der Waals surface area contributed by atoms with E-state index in [0.717, 1.165) is 29.3 Å². The van der Waals surface area contributed by atoms with Crippen molar-refractivity contribution in [1.82, 2.24) is 10.0 Å². The minimum Gasteiger partial charge on any atom is -0.312 e. The average molecular weight is 304 g/mol. The monoisotopic (exact) mass is 304 g/mol. The standard InChI is InChI=1S/C13H24N2O2S2/c1-6-7-14-9-11-8-12(10(2)18-11)19(16,17)15-13(3,4)5/h8,14-15H,6-7,9H2,1-5H3. The van der Waals surface area contributed by atoms with Gasteiger partial charge < -0.3 is 5.32 Å². The first-order valence-corrected chi connectivity index (χ1v) is 8.79. The second-order valence-electron chi connectivity index (χ2n) is 5.67. The molecule has 19 heavy (non-hydrogen) atoms. The molecule has 4 nitrogen and oxygen atoms in total. The molecule has 0 aliphatic heterocycles. The largest absolute Gasteiger partial charge is 0.312 e. The highest BCUT2D eigenvalue weighted by molar-refractivity contribution is 7.89. The molecular formula is C13H24N2O2S2. The Hall–Kier alpha value is -0.430. The van der Waals surface area contributed by atoms with E-state index in [0.29, 0.717) is 4.90 Å². The number of sulfonamides is 1. The Labute approximate surface area is 120 Å². The summed E-state index contributed by atoms with van der Waals surface area (Å²) in [5.41, 5.74) is -0.464. The van der Waals surface area contributed by atoms with Crippen LogP contribution in [0.25, 0.3) is 0 Å². The van der Waals surface area contributed by atoms with Crippen molar-refractivity contribution >= 4 is 21.4 Å². The third-order valence-electron chi connectivity index (χ3n) is 2.38.